The fourth-order valence-electron chi connectivity index (χ4n) is 1.29. The molecular formula is C10H15O3. The Morgan fingerprint density at radius 2 is 2.00 bits per heavy atom. The molecule has 1 aliphatic rings. The first-order valence-corrected chi connectivity index (χ1v) is 4.60. The van der Waals surface area contributed by atoms with Gasteiger partial charge in [-0.3, -0.25) is 4.79 Å². The molecule has 0 fully saturated rings. The van der Waals surface area contributed by atoms with Gasteiger partial charge in [-0.2, -0.15) is 0 Å². The molecular weight excluding hydrogens is 168 g/mol. The van der Waals surface area contributed by atoms with Gasteiger partial charge in [0.1, 0.15) is 6.10 Å². The predicted octanol–water partition coefficient (Wildman–Crippen LogP) is 0.612. The highest BCUT2D eigenvalue weighted by molar-refractivity contribution is 5.93. The first-order valence-electron chi connectivity index (χ1n) is 4.60. The molecule has 0 saturated heterocycles. The molecule has 0 heterocycles. The minimum atomic E-state index is -1.25. The molecule has 1 rings (SSSR count). The van der Waals surface area contributed by atoms with Crippen LogP contribution in [0.2, 0.25) is 0 Å². The van der Waals surface area contributed by atoms with Gasteiger partial charge in [-0.05, 0) is 38.2 Å². The predicted molar refractivity (Wildman–Crippen MR) is 48.9 cm³/mol. The fraction of sp³-hybridized carbons (Fsp3) is 0.600. The number of aliphatic hydroxyl groups is 2. The summed E-state index contributed by atoms with van der Waals surface area (Å²) in [6.07, 6.45) is 5.94. The maximum Gasteiger partial charge on any atom is 0.186 e. The molecule has 3 heteroatoms. The van der Waals surface area contributed by atoms with Crippen molar-refractivity contribution in [3.05, 3.63) is 18.6 Å². The van der Waals surface area contributed by atoms with E-state index in [1.807, 2.05) is 0 Å². The number of rotatable bonds is 0. The van der Waals surface area contributed by atoms with Crippen molar-refractivity contribution < 1.29 is 15.0 Å². The van der Waals surface area contributed by atoms with Crippen molar-refractivity contribution in [1.29, 1.82) is 0 Å². The second-order valence-electron chi connectivity index (χ2n) is 3.26. The van der Waals surface area contributed by atoms with E-state index >= 15 is 0 Å². The largest absolute Gasteiger partial charge is 0.390 e. The lowest BCUT2D eigenvalue weighted by Gasteiger charge is -2.15. The standard InChI is InChI=1S/C10H15O3/c11-8-6-4-2-1-3-5-7-9(12)10(8)13/h2,5,7-8,10-11,13H,1,3-4,6H2. The van der Waals surface area contributed by atoms with Crippen LogP contribution in [0.1, 0.15) is 25.7 Å². The summed E-state index contributed by atoms with van der Waals surface area (Å²) in [5.74, 6) is -0.394. The summed E-state index contributed by atoms with van der Waals surface area (Å²) in [7, 11) is 0. The van der Waals surface area contributed by atoms with E-state index in [0.717, 1.165) is 19.3 Å². The molecule has 0 spiro atoms. The number of hydrogen-bond acceptors (Lipinski definition) is 3. The van der Waals surface area contributed by atoms with Crippen molar-refractivity contribution in [2.75, 3.05) is 0 Å². The van der Waals surface area contributed by atoms with Crippen LogP contribution in [0.15, 0.2) is 12.2 Å². The van der Waals surface area contributed by atoms with Gasteiger partial charge in [0, 0.05) is 0 Å². The van der Waals surface area contributed by atoms with Crippen molar-refractivity contribution in [2.24, 2.45) is 0 Å². The molecule has 0 aromatic rings. The maximum atomic E-state index is 11.1. The molecule has 0 aliphatic heterocycles. The molecule has 1 radical (unpaired) electrons. The third-order valence-electron chi connectivity index (χ3n) is 2.14. The number of carbonyl (C=O) groups is 1. The minimum absolute atomic E-state index is 0.394. The molecule has 13 heavy (non-hydrogen) atoms. The summed E-state index contributed by atoms with van der Waals surface area (Å²) in [5.41, 5.74) is 0. The number of allylic oxidation sites excluding steroid dienone is 1. The van der Waals surface area contributed by atoms with Gasteiger partial charge >= 0.3 is 0 Å². The normalized spacial score (nSPS) is 31.7. The van der Waals surface area contributed by atoms with Crippen molar-refractivity contribution in [1.82, 2.24) is 0 Å². The first kappa shape index (κ1) is 10.4. The van der Waals surface area contributed by atoms with Crippen molar-refractivity contribution >= 4 is 5.78 Å². The zero-order chi connectivity index (χ0) is 9.68. The van der Waals surface area contributed by atoms with Crippen LogP contribution in [0.5, 0.6) is 0 Å². The van der Waals surface area contributed by atoms with Gasteiger partial charge in [0.05, 0.1) is 6.10 Å². The Morgan fingerprint density at radius 3 is 2.77 bits per heavy atom. The summed E-state index contributed by atoms with van der Waals surface area (Å²) >= 11 is 0. The summed E-state index contributed by atoms with van der Waals surface area (Å²) in [5, 5.41) is 18.6. The van der Waals surface area contributed by atoms with Gasteiger partial charge in [-0.25, -0.2) is 0 Å². The number of aliphatic hydroxyl groups excluding tert-OH is 2. The van der Waals surface area contributed by atoms with Crippen LogP contribution in [-0.2, 0) is 4.79 Å². The van der Waals surface area contributed by atoms with Gasteiger partial charge < -0.3 is 10.2 Å². The van der Waals surface area contributed by atoms with Gasteiger partial charge in [-0.15, -0.1) is 0 Å². The Labute approximate surface area is 78.1 Å². The molecule has 0 bridgehead atoms. The SMILES string of the molecule is O=C1C=CCC[CH]CCC(O)C1O. The van der Waals surface area contributed by atoms with Crippen LogP contribution in [0, 0.1) is 6.42 Å². The zero-order valence-electron chi connectivity index (χ0n) is 7.52. The second-order valence-corrected chi connectivity index (χ2v) is 3.26. The van der Waals surface area contributed by atoms with Crippen molar-refractivity contribution in [3.63, 3.8) is 0 Å². The van der Waals surface area contributed by atoms with E-state index in [0.29, 0.717) is 6.42 Å². The quantitative estimate of drug-likeness (QED) is 0.578. The zero-order valence-corrected chi connectivity index (χ0v) is 7.52. The van der Waals surface area contributed by atoms with Crippen LogP contribution < -0.4 is 0 Å². The first-order chi connectivity index (χ1) is 6.22. The Kier molecular flexibility index (Phi) is 4.12. The van der Waals surface area contributed by atoms with Crippen LogP contribution in [0.25, 0.3) is 0 Å². The lowest BCUT2D eigenvalue weighted by Crippen LogP contribution is -2.32. The minimum Gasteiger partial charge on any atom is -0.390 e. The second kappa shape index (κ2) is 5.14. The van der Waals surface area contributed by atoms with E-state index < -0.39 is 18.0 Å². The summed E-state index contributed by atoms with van der Waals surface area (Å²) in [6.45, 7) is 0. The Balaban J connectivity index is 2.58. The van der Waals surface area contributed by atoms with E-state index in [4.69, 9.17) is 0 Å². The van der Waals surface area contributed by atoms with E-state index in [1.165, 1.54) is 6.08 Å². The van der Waals surface area contributed by atoms with E-state index in [9.17, 15) is 15.0 Å². The fourth-order valence-corrected chi connectivity index (χ4v) is 1.29. The van der Waals surface area contributed by atoms with E-state index in [2.05, 4.69) is 6.42 Å². The average molecular weight is 183 g/mol. The molecule has 2 unspecified atom stereocenters. The molecule has 1 aliphatic carbocycles. The summed E-state index contributed by atoms with van der Waals surface area (Å²) in [4.78, 5) is 11.1. The molecule has 0 aromatic heterocycles. The number of ketones is 1. The van der Waals surface area contributed by atoms with Gasteiger partial charge in [-0.1, -0.05) is 6.08 Å². The molecule has 0 aromatic carbocycles. The molecule has 2 N–H and O–H groups in total. The van der Waals surface area contributed by atoms with Crippen LogP contribution in [0.3, 0.4) is 0 Å². The Bertz CT molecular complexity index is 198. The van der Waals surface area contributed by atoms with Crippen LogP contribution in [-0.4, -0.2) is 28.2 Å². The van der Waals surface area contributed by atoms with Crippen molar-refractivity contribution in [2.45, 2.75) is 37.9 Å². The van der Waals surface area contributed by atoms with Gasteiger partial charge in [0.15, 0.2) is 5.78 Å². The third kappa shape index (κ3) is 3.28. The van der Waals surface area contributed by atoms with Crippen LogP contribution >= 0.6 is 0 Å². The topological polar surface area (TPSA) is 57.5 Å². The summed E-state index contributed by atoms with van der Waals surface area (Å²) < 4.78 is 0. The highest BCUT2D eigenvalue weighted by atomic mass is 16.3. The summed E-state index contributed by atoms with van der Waals surface area (Å²) in [6, 6.07) is 0. The molecule has 0 amide bonds. The molecule has 73 valence electrons. The van der Waals surface area contributed by atoms with Gasteiger partial charge in [0.25, 0.3) is 0 Å². The lowest BCUT2D eigenvalue weighted by molar-refractivity contribution is -0.128. The maximum absolute atomic E-state index is 11.1. The average Bonchev–Trinajstić information content (AvgIpc) is 2.13. The highest BCUT2D eigenvalue weighted by Gasteiger charge is 2.21. The number of hydrogen-bond donors (Lipinski definition) is 2. The Morgan fingerprint density at radius 1 is 1.23 bits per heavy atom. The smallest absolute Gasteiger partial charge is 0.186 e. The third-order valence-corrected chi connectivity index (χ3v) is 2.14. The van der Waals surface area contributed by atoms with Crippen molar-refractivity contribution in [3.8, 4) is 0 Å². The Hall–Kier alpha value is -0.670. The lowest BCUT2D eigenvalue weighted by atomic mass is 10.00. The van der Waals surface area contributed by atoms with E-state index in [-0.39, 0.29) is 0 Å². The molecule has 0 saturated carbocycles. The monoisotopic (exact) mass is 183 g/mol. The molecule has 2 atom stereocenters. The molecule has 3 nitrogen and oxygen atoms in total. The van der Waals surface area contributed by atoms with Gasteiger partial charge in [0.2, 0.25) is 0 Å². The highest BCUT2D eigenvalue weighted by Crippen LogP contribution is 2.11. The van der Waals surface area contributed by atoms with E-state index in [1.54, 1.807) is 6.08 Å². The number of carbonyl (C=O) groups excluding carboxylic acids is 1. The van der Waals surface area contributed by atoms with Crippen LogP contribution in [0.4, 0.5) is 0 Å².